The van der Waals surface area contributed by atoms with Gasteiger partial charge in [-0.3, -0.25) is 0 Å². The largest absolute Gasteiger partial charge is 0.372 e. The van der Waals surface area contributed by atoms with Crippen LogP contribution in [0.1, 0.15) is 30.3 Å². The number of hydrogen-bond acceptors (Lipinski definition) is 4. The molecule has 0 radical (unpaired) electrons. The first kappa shape index (κ1) is 10.9. The van der Waals surface area contributed by atoms with Crippen LogP contribution in [-0.4, -0.2) is 21.6 Å². The summed E-state index contributed by atoms with van der Waals surface area (Å²) in [5.41, 5.74) is 2.02. The minimum absolute atomic E-state index is 0.0742. The number of rotatable bonds is 2. The van der Waals surface area contributed by atoms with Gasteiger partial charge in [-0.25, -0.2) is 4.68 Å². The van der Waals surface area contributed by atoms with Crippen LogP contribution >= 0.6 is 0 Å². The molecule has 1 aliphatic rings. The molecule has 5 nitrogen and oxygen atoms in total. The van der Waals surface area contributed by atoms with Gasteiger partial charge in [-0.05, 0) is 25.0 Å². The Kier molecular flexibility index (Phi) is 2.79. The number of benzene rings is 1. The SMILES string of the molecule is N#Cc1nnn(-c2ccccc2)c1C1CCCO1. The Labute approximate surface area is 105 Å². The molecule has 1 aliphatic heterocycles. The van der Waals surface area contributed by atoms with Gasteiger partial charge in [0.1, 0.15) is 17.9 Å². The molecule has 2 aromatic rings. The minimum atomic E-state index is -0.0742. The van der Waals surface area contributed by atoms with Crippen molar-refractivity contribution in [2.75, 3.05) is 6.61 Å². The van der Waals surface area contributed by atoms with Crippen LogP contribution in [0.2, 0.25) is 0 Å². The van der Waals surface area contributed by atoms with Crippen molar-refractivity contribution >= 4 is 0 Å². The van der Waals surface area contributed by atoms with Gasteiger partial charge in [0.05, 0.1) is 5.69 Å². The zero-order valence-corrected chi connectivity index (χ0v) is 9.78. The summed E-state index contributed by atoms with van der Waals surface area (Å²) in [6.45, 7) is 0.732. The Morgan fingerprint density at radius 3 is 2.83 bits per heavy atom. The molecule has 1 unspecified atom stereocenters. The molecule has 1 aromatic heterocycles. The van der Waals surface area contributed by atoms with Crippen molar-refractivity contribution < 1.29 is 4.74 Å². The predicted octanol–water partition coefficient (Wildman–Crippen LogP) is 1.99. The molecular weight excluding hydrogens is 228 g/mol. The van der Waals surface area contributed by atoms with E-state index >= 15 is 0 Å². The Balaban J connectivity index is 2.10. The summed E-state index contributed by atoms with van der Waals surface area (Å²) in [5, 5.41) is 17.1. The number of nitriles is 1. The number of ether oxygens (including phenoxy) is 1. The maximum atomic E-state index is 9.12. The third-order valence-electron chi connectivity index (χ3n) is 3.05. The van der Waals surface area contributed by atoms with Crippen molar-refractivity contribution in [3.05, 3.63) is 41.7 Å². The molecule has 18 heavy (non-hydrogen) atoms. The molecule has 0 N–H and O–H groups in total. The quantitative estimate of drug-likeness (QED) is 0.805. The molecule has 1 aromatic carbocycles. The van der Waals surface area contributed by atoms with Crippen LogP contribution < -0.4 is 0 Å². The molecule has 1 atom stereocenters. The highest BCUT2D eigenvalue weighted by atomic mass is 16.5. The second-order valence-corrected chi connectivity index (χ2v) is 4.18. The van der Waals surface area contributed by atoms with E-state index in [9.17, 15) is 0 Å². The third-order valence-corrected chi connectivity index (χ3v) is 3.05. The van der Waals surface area contributed by atoms with E-state index in [1.54, 1.807) is 4.68 Å². The Hall–Kier alpha value is -2.19. The van der Waals surface area contributed by atoms with Gasteiger partial charge in [0.2, 0.25) is 0 Å². The Bertz CT molecular complexity index is 579. The van der Waals surface area contributed by atoms with E-state index in [4.69, 9.17) is 10.00 Å². The van der Waals surface area contributed by atoms with Crippen molar-refractivity contribution in [3.8, 4) is 11.8 Å². The summed E-state index contributed by atoms with van der Waals surface area (Å²) < 4.78 is 7.35. The maximum absolute atomic E-state index is 9.12. The van der Waals surface area contributed by atoms with Gasteiger partial charge in [0.25, 0.3) is 0 Å². The highest BCUT2D eigenvalue weighted by Crippen LogP contribution is 2.31. The molecule has 1 saturated heterocycles. The molecule has 0 aliphatic carbocycles. The van der Waals surface area contributed by atoms with Crippen molar-refractivity contribution in [1.82, 2.24) is 15.0 Å². The maximum Gasteiger partial charge on any atom is 0.189 e. The summed E-state index contributed by atoms with van der Waals surface area (Å²) in [5.74, 6) is 0. The molecule has 0 spiro atoms. The highest BCUT2D eigenvalue weighted by Gasteiger charge is 2.27. The van der Waals surface area contributed by atoms with Gasteiger partial charge in [0.15, 0.2) is 5.69 Å². The minimum Gasteiger partial charge on any atom is -0.372 e. The van der Waals surface area contributed by atoms with E-state index in [2.05, 4.69) is 16.4 Å². The second-order valence-electron chi connectivity index (χ2n) is 4.18. The number of hydrogen-bond donors (Lipinski definition) is 0. The van der Waals surface area contributed by atoms with Gasteiger partial charge < -0.3 is 4.74 Å². The molecule has 1 fully saturated rings. The van der Waals surface area contributed by atoms with Crippen LogP contribution in [-0.2, 0) is 4.74 Å². The monoisotopic (exact) mass is 240 g/mol. The fourth-order valence-corrected chi connectivity index (χ4v) is 2.21. The Morgan fingerprint density at radius 1 is 1.33 bits per heavy atom. The number of aromatic nitrogens is 3. The van der Waals surface area contributed by atoms with Crippen LogP contribution in [0.25, 0.3) is 5.69 Å². The lowest BCUT2D eigenvalue weighted by Crippen LogP contribution is -2.08. The lowest BCUT2D eigenvalue weighted by Gasteiger charge is -2.11. The fraction of sp³-hybridized carbons (Fsp3) is 0.308. The van der Waals surface area contributed by atoms with Gasteiger partial charge in [-0.15, -0.1) is 5.10 Å². The summed E-state index contributed by atoms with van der Waals surface area (Å²) in [4.78, 5) is 0. The van der Waals surface area contributed by atoms with E-state index in [-0.39, 0.29) is 6.10 Å². The molecule has 0 bridgehead atoms. The summed E-state index contributed by atoms with van der Waals surface area (Å²) in [6.07, 6.45) is 1.85. The first-order chi connectivity index (χ1) is 8.90. The van der Waals surface area contributed by atoms with Crippen molar-refractivity contribution in [1.29, 1.82) is 5.26 Å². The molecule has 0 saturated carbocycles. The lowest BCUT2D eigenvalue weighted by atomic mass is 10.1. The number of nitrogens with zero attached hydrogens (tertiary/aromatic N) is 4. The van der Waals surface area contributed by atoms with E-state index in [1.807, 2.05) is 30.3 Å². The smallest absolute Gasteiger partial charge is 0.189 e. The molecule has 5 heteroatoms. The third kappa shape index (κ3) is 1.77. The van der Waals surface area contributed by atoms with Crippen LogP contribution in [0.15, 0.2) is 30.3 Å². The lowest BCUT2D eigenvalue weighted by molar-refractivity contribution is 0.106. The van der Waals surface area contributed by atoms with E-state index in [0.717, 1.165) is 30.8 Å². The summed E-state index contributed by atoms with van der Waals surface area (Å²) >= 11 is 0. The molecule has 90 valence electrons. The van der Waals surface area contributed by atoms with Crippen molar-refractivity contribution in [3.63, 3.8) is 0 Å². The normalized spacial score (nSPS) is 18.7. The first-order valence-electron chi connectivity index (χ1n) is 5.93. The van der Waals surface area contributed by atoms with E-state index < -0.39 is 0 Å². The average Bonchev–Trinajstić information content (AvgIpc) is 3.08. The van der Waals surface area contributed by atoms with Crippen LogP contribution in [0.3, 0.4) is 0 Å². The van der Waals surface area contributed by atoms with Gasteiger partial charge in [-0.2, -0.15) is 5.26 Å². The average molecular weight is 240 g/mol. The standard InChI is InChI=1S/C13H12N4O/c14-9-11-13(12-7-4-8-18-12)17(16-15-11)10-5-2-1-3-6-10/h1-3,5-6,12H,4,7-8H2. The van der Waals surface area contributed by atoms with Gasteiger partial charge in [0, 0.05) is 6.61 Å². The van der Waals surface area contributed by atoms with Gasteiger partial charge in [-0.1, -0.05) is 23.4 Å². The Morgan fingerprint density at radius 2 is 2.17 bits per heavy atom. The van der Waals surface area contributed by atoms with Gasteiger partial charge >= 0.3 is 0 Å². The predicted molar refractivity (Wildman–Crippen MR) is 64.0 cm³/mol. The number of para-hydroxylation sites is 1. The summed E-state index contributed by atoms with van der Waals surface area (Å²) in [6, 6.07) is 11.8. The highest BCUT2D eigenvalue weighted by molar-refractivity contribution is 5.37. The zero-order chi connectivity index (χ0) is 12.4. The topological polar surface area (TPSA) is 63.7 Å². The molecule has 0 amide bonds. The van der Waals surface area contributed by atoms with Crippen LogP contribution in [0, 0.1) is 11.3 Å². The van der Waals surface area contributed by atoms with Crippen LogP contribution in [0.4, 0.5) is 0 Å². The van der Waals surface area contributed by atoms with Crippen molar-refractivity contribution in [2.24, 2.45) is 0 Å². The van der Waals surface area contributed by atoms with Crippen LogP contribution in [0.5, 0.6) is 0 Å². The molecular formula is C13H12N4O. The van der Waals surface area contributed by atoms with Crippen molar-refractivity contribution in [2.45, 2.75) is 18.9 Å². The summed E-state index contributed by atoms with van der Waals surface area (Å²) in [7, 11) is 0. The molecule has 2 heterocycles. The van der Waals surface area contributed by atoms with E-state index in [1.165, 1.54) is 0 Å². The second kappa shape index (κ2) is 4.59. The first-order valence-corrected chi connectivity index (χ1v) is 5.93. The zero-order valence-electron chi connectivity index (χ0n) is 9.78. The van der Waals surface area contributed by atoms with E-state index in [0.29, 0.717) is 5.69 Å². The molecule has 3 rings (SSSR count). The fourth-order valence-electron chi connectivity index (χ4n) is 2.21.